The number of halogens is 7. The van der Waals surface area contributed by atoms with Crippen LogP contribution in [0.4, 0.5) is 0 Å². The normalized spacial score (nSPS) is 22.2. The number of hydrogen-bond donors (Lipinski definition) is 6. The summed E-state index contributed by atoms with van der Waals surface area (Å²) in [5, 5.41) is 0. The van der Waals surface area contributed by atoms with Gasteiger partial charge in [-0.3, -0.25) is 23.2 Å². The average Bonchev–Trinajstić information content (AvgIpc) is 2.32. The highest BCUT2D eigenvalue weighted by atomic mass is 35.8. The van der Waals surface area contributed by atoms with Crippen LogP contribution in [-0.4, -0.2) is 54.2 Å². The van der Waals surface area contributed by atoms with E-state index in [1.54, 1.807) is 0 Å². The number of thiol groups is 1. The minimum atomic E-state index is -3.57. The highest BCUT2D eigenvalue weighted by molar-refractivity contribution is 7.76. The first-order valence-corrected chi connectivity index (χ1v) is 23.7. The molecule has 0 aliphatic carbocycles. The summed E-state index contributed by atoms with van der Waals surface area (Å²) in [6.45, 7) is 0. The molecule has 1 unspecified atom stereocenters. The van der Waals surface area contributed by atoms with Crippen molar-refractivity contribution in [3.05, 3.63) is 0 Å². The zero-order chi connectivity index (χ0) is 18.9. The van der Waals surface area contributed by atoms with Crippen LogP contribution in [0, 0.1) is 6.00 Å². The van der Waals surface area contributed by atoms with Crippen LogP contribution in [0.25, 0.3) is 0 Å². The Hall–Kier alpha value is 2.98. The summed E-state index contributed by atoms with van der Waals surface area (Å²) in [7, 11) is -12.0. The lowest BCUT2D eigenvalue weighted by Crippen LogP contribution is -2.98. The van der Waals surface area contributed by atoms with E-state index >= 15 is 0 Å². The van der Waals surface area contributed by atoms with Crippen molar-refractivity contribution in [2.75, 3.05) is 7.11 Å². The van der Waals surface area contributed by atoms with Crippen LogP contribution < -0.4 is 23.2 Å². The van der Waals surface area contributed by atoms with Gasteiger partial charge in [0.1, 0.15) is 0 Å². The summed E-state index contributed by atoms with van der Waals surface area (Å²) in [5.74, 6) is 0. The highest BCUT2D eigenvalue weighted by Gasteiger charge is 2.66. The van der Waals surface area contributed by atoms with Gasteiger partial charge in [-0.2, -0.15) is 0 Å². The molecule has 0 aromatic heterocycles. The van der Waals surface area contributed by atoms with Gasteiger partial charge in [0.25, 0.3) is 0 Å². The molecule has 1 aliphatic heterocycles. The molecule has 0 saturated carbocycles. The lowest BCUT2D eigenvalue weighted by atomic mass is 11.8. The minimum Gasteiger partial charge on any atom is -0.524 e. The van der Waals surface area contributed by atoms with E-state index in [1.165, 1.54) is 7.11 Å². The lowest BCUT2D eigenvalue weighted by molar-refractivity contribution is 0.305. The van der Waals surface area contributed by atoms with Crippen LogP contribution in [0.15, 0.2) is 0 Å². The quantitative estimate of drug-likeness (QED) is 0.0990. The maximum atomic E-state index is 6.37. The summed E-state index contributed by atoms with van der Waals surface area (Å²) in [6.07, 6.45) is -3.39. The SMILES string of the molecule is C#[Si]O[Si]1(N[Si](Cl)(Cl)N[Si](N[Si](Cl)(Cl)Cl)(OC)OS)N[Si](Cl)(Cl)N1. The Morgan fingerprint density at radius 3 is 2.00 bits per heavy atom. The van der Waals surface area contributed by atoms with Gasteiger partial charge in [0.2, 0.25) is 9.20 Å². The molecule has 0 aromatic rings. The molecular weight excluding hydrogens is 591 g/mol. The van der Waals surface area contributed by atoms with E-state index < -0.39 is 37.9 Å². The fraction of sp³-hybridized carbons (Fsp3) is 0.500. The number of nitrogens with one attached hydrogen (secondary N) is 5. The summed E-state index contributed by atoms with van der Waals surface area (Å²) >= 11 is 46.0. The van der Waals surface area contributed by atoms with E-state index in [2.05, 4.69) is 36.1 Å². The third kappa shape index (κ3) is 7.78. The van der Waals surface area contributed by atoms with Crippen molar-refractivity contribution in [3.63, 3.8) is 0 Å². The van der Waals surface area contributed by atoms with Crippen molar-refractivity contribution in [1.29, 1.82) is 0 Å². The van der Waals surface area contributed by atoms with E-state index in [-0.39, 0.29) is 9.20 Å². The molecule has 0 spiro atoms. The van der Waals surface area contributed by atoms with E-state index in [9.17, 15) is 0 Å². The van der Waals surface area contributed by atoms with Gasteiger partial charge >= 0.3 is 37.9 Å². The molecule has 22 heteroatoms. The van der Waals surface area contributed by atoms with Gasteiger partial charge in [-0.05, 0) is 12.9 Å². The zero-order valence-corrected chi connectivity index (χ0v) is 23.6. The van der Waals surface area contributed by atoms with Gasteiger partial charge in [0.15, 0.2) is 0 Å². The van der Waals surface area contributed by atoms with Crippen molar-refractivity contribution in [1.82, 2.24) is 23.2 Å². The first kappa shape index (κ1) is 25.0. The van der Waals surface area contributed by atoms with Crippen molar-refractivity contribution >= 4 is 138 Å². The largest absolute Gasteiger partial charge is 0.524 e. The Kier molecular flexibility index (Phi) is 9.59. The summed E-state index contributed by atoms with van der Waals surface area (Å²) in [4.78, 5) is 0. The second-order valence-corrected chi connectivity index (χ2v) is 32.0. The summed E-state index contributed by atoms with van der Waals surface area (Å²) in [6, 6.07) is 5.44. The fourth-order valence-corrected chi connectivity index (χ4v) is 31.0. The first-order valence-electron chi connectivity index (χ1n) is 5.52. The summed E-state index contributed by atoms with van der Waals surface area (Å²) in [5.41, 5.74) is 0. The van der Waals surface area contributed by atoms with Crippen molar-refractivity contribution in [2.45, 2.75) is 0 Å². The van der Waals surface area contributed by atoms with Crippen molar-refractivity contribution in [3.8, 4) is 6.00 Å². The van der Waals surface area contributed by atoms with Crippen LogP contribution in [0.2, 0.25) is 0 Å². The molecule has 0 radical (unpaired) electrons. The maximum Gasteiger partial charge on any atom is 0.519 e. The summed E-state index contributed by atoms with van der Waals surface area (Å²) < 4.78 is 29.9. The molecule has 5 N–H and O–H groups in total. The molecule has 1 rings (SSSR count). The van der Waals surface area contributed by atoms with Gasteiger partial charge in [-0.25, -0.2) is 0 Å². The smallest absolute Gasteiger partial charge is 0.519 e. The molecule has 0 bridgehead atoms. The number of hydrogen-bond acceptors (Lipinski definition) is 9. The zero-order valence-electron chi connectivity index (χ0n) is 11.4. The van der Waals surface area contributed by atoms with Crippen LogP contribution in [0.1, 0.15) is 0 Å². The van der Waals surface area contributed by atoms with Crippen molar-refractivity contribution in [2.24, 2.45) is 0 Å². The molecule has 1 heterocycles. The standard InChI is InChI=1S/C2H10Cl7N5O3SSi6/c1-15-24(16-18,10-20(3,4)5)14-22(8,9)13-23(17-19-2)11-21(6,7)12-23/h2,10-14,18H,1H3. The third-order valence-corrected chi connectivity index (χ3v) is 27.9. The van der Waals surface area contributed by atoms with Crippen LogP contribution in [0.5, 0.6) is 0 Å². The van der Waals surface area contributed by atoms with Crippen molar-refractivity contribution < 1.29 is 12.4 Å². The second kappa shape index (κ2) is 9.20. The Labute approximate surface area is 184 Å². The molecule has 1 saturated heterocycles. The first-order chi connectivity index (χ1) is 10.7. The number of rotatable bonds is 9. The van der Waals surface area contributed by atoms with Gasteiger partial charge in [0, 0.05) is 7.11 Å². The van der Waals surface area contributed by atoms with Gasteiger partial charge < -0.3 is 12.4 Å². The molecule has 0 amide bonds. The molecule has 1 aliphatic rings. The monoisotopic (exact) mass is 597 g/mol. The predicted molar refractivity (Wildman–Crippen MR) is 114 cm³/mol. The fourth-order valence-electron chi connectivity index (χ4n) is 1.53. The van der Waals surface area contributed by atoms with Crippen LogP contribution in [0.3, 0.4) is 0 Å². The Morgan fingerprint density at radius 1 is 1.12 bits per heavy atom. The van der Waals surface area contributed by atoms with Gasteiger partial charge in [0.05, 0.1) is 0 Å². The Morgan fingerprint density at radius 2 is 1.67 bits per heavy atom. The molecule has 1 atom stereocenters. The van der Waals surface area contributed by atoms with Gasteiger partial charge in [-0.1, -0.05) is 0 Å². The van der Waals surface area contributed by atoms with E-state index in [4.69, 9.17) is 96.0 Å². The van der Waals surface area contributed by atoms with E-state index in [0.29, 0.717) is 0 Å². The average molecular weight is 601 g/mol. The minimum absolute atomic E-state index is 0.373. The molecule has 8 nitrogen and oxygen atoms in total. The lowest BCUT2D eigenvalue weighted by Gasteiger charge is -2.47. The van der Waals surface area contributed by atoms with Crippen LogP contribution >= 0.6 is 90.5 Å². The molecule has 140 valence electrons. The predicted octanol–water partition coefficient (Wildman–Crippen LogP) is 0.530. The molecule has 24 heavy (non-hydrogen) atoms. The topological polar surface area (TPSA) is 87.8 Å². The molecule has 0 aromatic carbocycles. The van der Waals surface area contributed by atoms with Gasteiger partial charge in [-0.15, -0.1) is 83.6 Å². The van der Waals surface area contributed by atoms with E-state index in [1.807, 2.05) is 0 Å². The third-order valence-electron chi connectivity index (χ3n) is 2.25. The maximum absolute atomic E-state index is 6.37. The molecular formula is C2H10Cl7N5O3SSi6. The highest BCUT2D eigenvalue weighted by Crippen LogP contribution is 2.25. The molecule has 1 fully saturated rings. The van der Waals surface area contributed by atoms with E-state index in [0.717, 1.165) is 0 Å². The van der Waals surface area contributed by atoms with Crippen LogP contribution in [-0.2, 0) is 12.4 Å². The Bertz CT molecular complexity index is 494. The second-order valence-electron chi connectivity index (χ2n) is 4.08. The Balaban J connectivity index is 2.91.